The van der Waals surface area contributed by atoms with Crippen molar-refractivity contribution in [3.63, 3.8) is 0 Å². The molecule has 0 nitrogen and oxygen atoms in total. The summed E-state index contributed by atoms with van der Waals surface area (Å²) in [6.07, 6.45) is 14.7. The zero-order valence-electron chi connectivity index (χ0n) is 12.5. The molecule has 20 heavy (non-hydrogen) atoms. The fourth-order valence-electron chi connectivity index (χ4n) is 4.36. The summed E-state index contributed by atoms with van der Waals surface area (Å²) in [7, 11) is 0. The summed E-state index contributed by atoms with van der Waals surface area (Å²) in [5, 5.41) is 0.861. The van der Waals surface area contributed by atoms with Crippen LogP contribution in [0, 0.1) is 11.8 Å². The molecular formula is C19H27Cl. The first-order chi connectivity index (χ1) is 9.81. The first-order valence-electron chi connectivity index (χ1n) is 8.57. The molecule has 0 heterocycles. The van der Waals surface area contributed by atoms with Gasteiger partial charge in [0, 0.05) is 5.02 Å². The van der Waals surface area contributed by atoms with E-state index in [9.17, 15) is 0 Å². The van der Waals surface area contributed by atoms with Gasteiger partial charge in [-0.25, -0.2) is 0 Å². The second-order valence-electron chi connectivity index (χ2n) is 7.01. The second kappa shape index (κ2) is 6.98. The van der Waals surface area contributed by atoms with Gasteiger partial charge in [-0.3, -0.25) is 0 Å². The summed E-state index contributed by atoms with van der Waals surface area (Å²) < 4.78 is 0. The molecule has 0 unspecified atom stereocenters. The summed E-state index contributed by atoms with van der Waals surface area (Å²) in [5.74, 6) is 2.86. The molecule has 0 atom stereocenters. The fourth-order valence-corrected chi connectivity index (χ4v) is 4.49. The minimum atomic E-state index is 0.787. The Labute approximate surface area is 128 Å². The molecule has 2 fully saturated rings. The molecule has 1 aromatic rings. The minimum absolute atomic E-state index is 0.787. The van der Waals surface area contributed by atoms with Crippen LogP contribution in [0.4, 0.5) is 0 Å². The highest BCUT2D eigenvalue weighted by atomic mass is 35.5. The Balaban J connectivity index is 1.47. The van der Waals surface area contributed by atoms with Gasteiger partial charge >= 0.3 is 0 Å². The molecule has 0 N–H and O–H groups in total. The minimum Gasteiger partial charge on any atom is -0.0843 e. The summed E-state index contributed by atoms with van der Waals surface area (Å²) >= 11 is 5.98. The van der Waals surface area contributed by atoms with E-state index >= 15 is 0 Å². The Morgan fingerprint density at radius 3 is 2.00 bits per heavy atom. The van der Waals surface area contributed by atoms with Crippen LogP contribution < -0.4 is 0 Å². The van der Waals surface area contributed by atoms with Crippen LogP contribution in [-0.4, -0.2) is 0 Å². The van der Waals surface area contributed by atoms with Crippen molar-refractivity contribution in [2.45, 2.75) is 70.1 Å². The fraction of sp³-hybridized carbons (Fsp3) is 0.684. The summed E-state index contributed by atoms with van der Waals surface area (Å²) in [6, 6.07) is 8.55. The lowest BCUT2D eigenvalue weighted by Gasteiger charge is -2.32. The Morgan fingerprint density at radius 2 is 1.35 bits per heavy atom. The number of benzene rings is 1. The van der Waals surface area contributed by atoms with E-state index in [2.05, 4.69) is 12.1 Å². The molecule has 1 aromatic carbocycles. The van der Waals surface area contributed by atoms with Gasteiger partial charge in [0.25, 0.3) is 0 Å². The van der Waals surface area contributed by atoms with Crippen LogP contribution in [0.3, 0.4) is 0 Å². The summed E-state index contributed by atoms with van der Waals surface area (Å²) in [4.78, 5) is 0. The molecule has 0 amide bonds. The number of halogens is 1. The normalized spacial score (nSPS) is 28.4. The third kappa shape index (κ3) is 3.79. The van der Waals surface area contributed by atoms with Crippen LogP contribution in [-0.2, 0) is 0 Å². The molecule has 1 heteroatoms. The van der Waals surface area contributed by atoms with Crippen LogP contribution in [0.5, 0.6) is 0 Å². The van der Waals surface area contributed by atoms with E-state index in [1.807, 2.05) is 12.1 Å². The Bertz CT molecular complexity index is 394. The predicted octanol–water partition coefficient (Wildman–Crippen LogP) is 6.58. The van der Waals surface area contributed by atoms with Gasteiger partial charge in [-0.2, -0.15) is 0 Å². The molecule has 0 bridgehead atoms. The SMILES string of the molecule is Clc1ccc(C2CCC(CC3CCCCC3)CC2)cc1. The maximum absolute atomic E-state index is 5.98. The molecule has 0 radical (unpaired) electrons. The maximum atomic E-state index is 5.98. The molecule has 0 aromatic heterocycles. The van der Waals surface area contributed by atoms with Crippen molar-refractivity contribution in [2.75, 3.05) is 0 Å². The lowest BCUT2D eigenvalue weighted by atomic mass is 9.73. The maximum Gasteiger partial charge on any atom is 0.0406 e. The first-order valence-corrected chi connectivity index (χ1v) is 8.94. The molecule has 3 rings (SSSR count). The van der Waals surface area contributed by atoms with Crippen molar-refractivity contribution in [3.05, 3.63) is 34.9 Å². The van der Waals surface area contributed by atoms with Crippen molar-refractivity contribution >= 4 is 11.6 Å². The first kappa shape index (κ1) is 14.4. The molecular weight excluding hydrogens is 264 g/mol. The zero-order valence-corrected chi connectivity index (χ0v) is 13.2. The highest BCUT2D eigenvalue weighted by Gasteiger charge is 2.25. The largest absolute Gasteiger partial charge is 0.0843 e. The number of hydrogen-bond acceptors (Lipinski definition) is 0. The van der Waals surface area contributed by atoms with Gasteiger partial charge in [0.15, 0.2) is 0 Å². The van der Waals surface area contributed by atoms with Crippen molar-refractivity contribution in [1.82, 2.24) is 0 Å². The van der Waals surface area contributed by atoms with Crippen molar-refractivity contribution in [3.8, 4) is 0 Å². The molecule has 0 spiro atoms. The van der Waals surface area contributed by atoms with Crippen LogP contribution >= 0.6 is 11.6 Å². The van der Waals surface area contributed by atoms with Gasteiger partial charge in [-0.05, 0) is 67.6 Å². The van der Waals surface area contributed by atoms with Crippen LogP contribution in [0.2, 0.25) is 5.02 Å². The lowest BCUT2D eigenvalue weighted by Crippen LogP contribution is -2.18. The predicted molar refractivity (Wildman–Crippen MR) is 87.3 cm³/mol. The standard InChI is InChI=1S/C19H27Cl/c20-19-12-10-18(11-13-19)17-8-6-16(7-9-17)14-15-4-2-1-3-5-15/h10-13,15-17H,1-9,14H2. The van der Waals surface area contributed by atoms with Crippen molar-refractivity contribution in [1.29, 1.82) is 0 Å². The van der Waals surface area contributed by atoms with E-state index in [0.717, 1.165) is 22.8 Å². The van der Waals surface area contributed by atoms with E-state index in [-0.39, 0.29) is 0 Å². The van der Waals surface area contributed by atoms with E-state index in [1.54, 1.807) is 0 Å². The average molecular weight is 291 g/mol. The van der Waals surface area contributed by atoms with Crippen LogP contribution in [0.1, 0.15) is 75.7 Å². The molecule has 2 saturated carbocycles. The summed E-state index contributed by atoms with van der Waals surface area (Å²) in [5.41, 5.74) is 1.51. The van der Waals surface area contributed by atoms with Crippen molar-refractivity contribution in [2.24, 2.45) is 11.8 Å². The lowest BCUT2D eigenvalue weighted by molar-refractivity contribution is 0.233. The quantitative estimate of drug-likeness (QED) is 0.589. The Morgan fingerprint density at radius 1 is 0.750 bits per heavy atom. The number of rotatable bonds is 3. The molecule has 2 aliphatic carbocycles. The Kier molecular flexibility index (Phi) is 5.04. The van der Waals surface area contributed by atoms with Gasteiger partial charge in [-0.1, -0.05) is 55.8 Å². The van der Waals surface area contributed by atoms with Gasteiger partial charge in [0.2, 0.25) is 0 Å². The van der Waals surface area contributed by atoms with E-state index in [0.29, 0.717) is 0 Å². The van der Waals surface area contributed by atoms with E-state index in [1.165, 1.54) is 69.8 Å². The average Bonchev–Trinajstić information content (AvgIpc) is 2.50. The third-order valence-electron chi connectivity index (χ3n) is 5.58. The molecule has 2 aliphatic rings. The third-order valence-corrected chi connectivity index (χ3v) is 5.83. The van der Waals surface area contributed by atoms with Crippen LogP contribution in [0.15, 0.2) is 24.3 Å². The van der Waals surface area contributed by atoms with Crippen molar-refractivity contribution < 1.29 is 0 Å². The van der Waals surface area contributed by atoms with E-state index in [4.69, 9.17) is 11.6 Å². The monoisotopic (exact) mass is 290 g/mol. The summed E-state index contributed by atoms with van der Waals surface area (Å²) in [6.45, 7) is 0. The zero-order chi connectivity index (χ0) is 13.8. The van der Waals surface area contributed by atoms with Gasteiger partial charge in [0.1, 0.15) is 0 Å². The molecule has 110 valence electrons. The Hall–Kier alpha value is -0.490. The topological polar surface area (TPSA) is 0 Å². The molecule has 0 saturated heterocycles. The van der Waals surface area contributed by atoms with Crippen LogP contribution in [0.25, 0.3) is 0 Å². The van der Waals surface area contributed by atoms with Gasteiger partial charge < -0.3 is 0 Å². The highest BCUT2D eigenvalue weighted by Crippen LogP contribution is 2.40. The molecule has 0 aliphatic heterocycles. The van der Waals surface area contributed by atoms with Gasteiger partial charge in [0.05, 0.1) is 0 Å². The highest BCUT2D eigenvalue weighted by molar-refractivity contribution is 6.30. The second-order valence-corrected chi connectivity index (χ2v) is 7.45. The van der Waals surface area contributed by atoms with E-state index < -0.39 is 0 Å². The smallest absolute Gasteiger partial charge is 0.0406 e. The van der Waals surface area contributed by atoms with Gasteiger partial charge in [-0.15, -0.1) is 0 Å². The number of hydrogen-bond donors (Lipinski definition) is 0.